The molecule has 0 amide bonds. The lowest BCUT2D eigenvalue weighted by atomic mass is 10.1. The van der Waals surface area contributed by atoms with E-state index < -0.39 is 11.9 Å². The van der Waals surface area contributed by atoms with Gasteiger partial charge < -0.3 is 5.11 Å². The Morgan fingerprint density at radius 2 is 1.90 bits per heavy atom. The molecule has 2 heterocycles. The molecule has 0 aliphatic carbocycles. The van der Waals surface area contributed by atoms with E-state index in [-0.39, 0.29) is 12.4 Å². The normalized spacial score (nSPS) is 12.0. The molecule has 7 heteroatoms. The van der Waals surface area contributed by atoms with Crippen LogP contribution in [0.2, 0.25) is 0 Å². The SMILES string of the molecule is OCc1cc(-n2ccc(C(F)(F)F)n2)nc2ccccc12. The number of hydrogen-bond acceptors (Lipinski definition) is 3. The van der Waals surface area contributed by atoms with Crippen molar-refractivity contribution >= 4 is 10.9 Å². The summed E-state index contributed by atoms with van der Waals surface area (Å²) in [5, 5.41) is 13.6. The summed E-state index contributed by atoms with van der Waals surface area (Å²) in [5.74, 6) is 0.230. The topological polar surface area (TPSA) is 50.9 Å². The first-order chi connectivity index (χ1) is 9.99. The minimum Gasteiger partial charge on any atom is -0.392 e. The van der Waals surface area contributed by atoms with Crippen molar-refractivity contribution in [3.8, 4) is 5.82 Å². The van der Waals surface area contributed by atoms with Gasteiger partial charge in [-0.15, -0.1) is 0 Å². The van der Waals surface area contributed by atoms with Crippen molar-refractivity contribution in [1.29, 1.82) is 0 Å². The average Bonchev–Trinajstić information content (AvgIpc) is 2.96. The molecule has 0 aliphatic rings. The van der Waals surface area contributed by atoms with Gasteiger partial charge in [0.2, 0.25) is 0 Å². The molecule has 0 unspecified atom stereocenters. The zero-order valence-electron chi connectivity index (χ0n) is 10.7. The van der Waals surface area contributed by atoms with Crippen molar-refractivity contribution in [3.63, 3.8) is 0 Å². The molecule has 0 saturated heterocycles. The molecule has 0 fully saturated rings. The summed E-state index contributed by atoms with van der Waals surface area (Å²) in [7, 11) is 0. The van der Waals surface area contributed by atoms with E-state index in [0.29, 0.717) is 11.1 Å². The van der Waals surface area contributed by atoms with Crippen molar-refractivity contribution < 1.29 is 18.3 Å². The van der Waals surface area contributed by atoms with Gasteiger partial charge in [0.05, 0.1) is 12.1 Å². The fraction of sp³-hybridized carbons (Fsp3) is 0.143. The monoisotopic (exact) mass is 293 g/mol. The lowest BCUT2D eigenvalue weighted by Gasteiger charge is -2.08. The predicted molar refractivity (Wildman–Crippen MR) is 69.8 cm³/mol. The third kappa shape index (κ3) is 2.47. The van der Waals surface area contributed by atoms with Crippen LogP contribution in [0.3, 0.4) is 0 Å². The maximum absolute atomic E-state index is 12.6. The van der Waals surface area contributed by atoms with E-state index in [1.165, 1.54) is 12.3 Å². The molecule has 4 nitrogen and oxygen atoms in total. The van der Waals surface area contributed by atoms with Crippen LogP contribution in [0.15, 0.2) is 42.6 Å². The number of para-hydroxylation sites is 1. The van der Waals surface area contributed by atoms with Gasteiger partial charge in [-0.05, 0) is 23.8 Å². The molecule has 2 aromatic heterocycles. The van der Waals surface area contributed by atoms with Crippen LogP contribution >= 0.6 is 0 Å². The zero-order valence-corrected chi connectivity index (χ0v) is 10.7. The van der Waals surface area contributed by atoms with Crippen molar-refractivity contribution in [1.82, 2.24) is 14.8 Å². The number of alkyl halides is 3. The highest BCUT2D eigenvalue weighted by Gasteiger charge is 2.33. The number of aliphatic hydroxyl groups is 1. The van der Waals surface area contributed by atoms with Gasteiger partial charge in [-0.2, -0.15) is 18.3 Å². The number of halogens is 3. The largest absolute Gasteiger partial charge is 0.435 e. The quantitative estimate of drug-likeness (QED) is 0.790. The van der Waals surface area contributed by atoms with Gasteiger partial charge in [-0.3, -0.25) is 0 Å². The van der Waals surface area contributed by atoms with Crippen molar-refractivity contribution in [3.05, 3.63) is 53.9 Å². The van der Waals surface area contributed by atoms with Crippen LogP contribution < -0.4 is 0 Å². The minimum atomic E-state index is -4.50. The van der Waals surface area contributed by atoms with Crippen molar-refractivity contribution in [2.24, 2.45) is 0 Å². The Morgan fingerprint density at radius 3 is 2.57 bits per heavy atom. The Labute approximate surface area is 117 Å². The maximum Gasteiger partial charge on any atom is 0.435 e. The second-order valence-corrected chi connectivity index (χ2v) is 4.46. The number of hydrogen-bond donors (Lipinski definition) is 1. The average molecular weight is 293 g/mol. The number of nitrogens with zero attached hydrogens (tertiary/aromatic N) is 3. The molecular formula is C14H10F3N3O. The Morgan fingerprint density at radius 1 is 1.14 bits per heavy atom. The van der Waals surface area contributed by atoms with Crippen LogP contribution in [0.1, 0.15) is 11.3 Å². The Bertz CT molecular complexity index is 796. The molecule has 1 aromatic carbocycles. The second-order valence-electron chi connectivity index (χ2n) is 4.46. The van der Waals surface area contributed by atoms with Gasteiger partial charge in [-0.25, -0.2) is 9.67 Å². The minimum absolute atomic E-state index is 0.230. The van der Waals surface area contributed by atoms with E-state index >= 15 is 0 Å². The van der Waals surface area contributed by atoms with Crippen molar-refractivity contribution in [2.45, 2.75) is 12.8 Å². The van der Waals surface area contributed by atoms with Crippen molar-refractivity contribution in [2.75, 3.05) is 0 Å². The summed E-state index contributed by atoms with van der Waals surface area (Å²) in [5.41, 5.74) is 0.186. The third-order valence-corrected chi connectivity index (χ3v) is 3.07. The van der Waals surface area contributed by atoms with Crippen LogP contribution in [0, 0.1) is 0 Å². The highest BCUT2D eigenvalue weighted by atomic mass is 19.4. The van der Waals surface area contributed by atoms with Crippen LogP contribution in [-0.2, 0) is 12.8 Å². The number of benzene rings is 1. The summed E-state index contributed by atoms with van der Waals surface area (Å²) in [4.78, 5) is 4.27. The number of aliphatic hydroxyl groups excluding tert-OH is 1. The van der Waals surface area contributed by atoms with Gasteiger partial charge in [0, 0.05) is 11.6 Å². The van der Waals surface area contributed by atoms with E-state index in [1.54, 1.807) is 24.3 Å². The van der Waals surface area contributed by atoms with Gasteiger partial charge in [0.25, 0.3) is 0 Å². The van der Waals surface area contributed by atoms with E-state index in [2.05, 4.69) is 10.1 Å². The summed E-state index contributed by atoms with van der Waals surface area (Å²) in [6.07, 6.45) is -3.30. The predicted octanol–water partition coefficient (Wildman–Crippen LogP) is 2.93. The molecule has 0 radical (unpaired) electrons. The summed E-state index contributed by atoms with van der Waals surface area (Å²) in [6.45, 7) is -0.233. The molecular weight excluding hydrogens is 283 g/mol. The summed E-state index contributed by atoms with van der Waals surface area (Å²) in [6, 6.07) is 9.50. The maximum atomic E-state index is 12.6. The highest BCUT2D eigenvalue weighted by Crippen LogP contribution is 2.28. The Hall–Kier alpha value is -2.41. The summed E-state index contributed by atoms with van der Waals surface area (Å²) >= 11 is 0. The molecule has 0 aliphatic heterocycles. The standard InChI is InChI=1S/C14H10F3N3O/c15-14(16,17)12-5-6-20(19-12)13-7-9(8-21)10-3-1-2-4-11(10)18-13/h1-7,21H,8H2. The molecule has 108 valence electrons. The number of fused-ring (bicyclic) bond motifs is 1. The van der Waals surface area contributed by atoms with Gasteiger partial charge in [0.15, 0.2) is 11.5 Å². The van der Waals surface area contributed by atoms with Crippen LogP contribution in [0.5, 0.6) is 0 Å². The Balaban J connectivity index is 2.14. The number of pyridine rings is 1. The molecule has 0 bridgehead atoms. The Kier molecular flexibility index (Phi) is 3.13. The molecule has 3 aromatic rings. The fourth-order valence-corrected chi connectivity index (χ4v) is 2.08. The van der Waals surface area contributed by atoms with Crippen LogP contribution in [0.25, 0.3) is 16.7 Å². The first-order valence-corrected chi connectivity index (χ1v) is 6.12. The first kappa shape index (κ1) is 13.6. The molecule has 0 saturated carbocycles. The number of rotatable bonds is 2. The number of aromatic nitrogens is 3. The van der Waals surface area contributed by atoms with E-state index in [4.69, 9.17) is 0 Å². The van der Waals surface area contributed by atoms with Gasteiger partial charge in [0.1, 0.15) is 0 Å². The molecule has 3 rings (SSSR count). The molecule has 0 atom stereocenters. The lowest BCUT2D eigenvalue weighted by Crippen LogP contribution is -2.08. The molecule has 21 heavy (non-hydrogen) atoms. The zero-order chi connectivity index (χ0) is 15.0. The fourth-order valence-electron chi connectivity index (χ4n) is 2.08. The molecule has 0 spiro atoms. The third-order valence-electron chi connectivity index (χ3n) is 3.07. The lowest BCUT2D eigenvalue weighted by molar-refractivity contribution is -0.141. The van der Waals surface area contributed by atoms with Crippen LogP contribution in [-0.4, -0.2) is 19.9 Å². The van der Waals surface area contributed by atoms with Crippen LogP contribution in [0.4, 0.5) is 13.2 Å². The van der Waals surface area contributed by atoms with Gasteiger partial charge in [-0.1, -0.05) is 18.2 Å². The second kappa shape index (κ2) is 4.85. The smallest absolute Gasteiger partial charge is 0.392 e. The van der Waals surface area contributed by atoms with E-state index in [1.807, 2.05) is 0 Å². The van der Waals surface area contributed by atoms with E-state index in [0.717, 1.165) is 16.1 Å². The highest BCUT2D eigenvalue weighted by molar-refractivity contribution is 5.83. The van der Waals surface area contributed by atoms with Gasteiger partial charge >= 0.3 is 6.18 Å². The first-order valence-electron chi connectivity index (χ1n) is 6.12. The molecule has 1 N–H and O–H groups in total. The summed E-state index contributed by atoms with van der Waals surface area (Å²) < 4.78 is 38.8. The van der Waals surface area contributed by atoms with E-state index in [9.17, 15) is 18.3 Å².